The number of fused-ring (bicyclic) bond motifs is 2. The van der Waals surface area contributed by atoms with E-state index in [0.717, 1.165) is 17.7 Å². The van der Waals surface area contributed by atoms with Crippen LogP contribution in [0.15, 0.2) is 103 Å². The molecule has 0 fully saturated rings. The SMILES string of the molecule is CCc1c2ccccc2c(COc2cccc(CO)c2)c2ccccc12.O=C(O)c1ccccc1. The van der Waals surface area contributed by atoms with E-state index in [-0.39, 0.29) is 6.61 Å². The predicted molar refractivity (Wildman–Crippen MR) is 141 cm³/mol. The molecular weight excluding hydrogens is 436 g/mol. The number of aliphatic hydroxyl groups is 1. The second-order valence-corrected chi connectivity index (χ2v) is 8.17. The smallest absolute Gasteiger partial charge is 0.335 e. The molecule has 0 aliphatic carbocycles. The molecule has 0 saturated heterocycles. The molecule has 0 aliphatic rings. The number of carbonyl (C=O) groups is 1. The fourth-order valence-corrected chi connectivity index (χ4v) is 4.32. The number of ether oxygens (including phenoxy) is 1. The van der Waals surface area contributed by atoms with Crippen molar-refractivity contribution in [2.75, 3.05) is 0 Å². The molecule has 0 heterocycles. The number of hydrogen-bond acceptors (Lipinski definition) is 3. The summed E-state index contributed by atoms with van der Waals surface area (Å²) in [4.78, 5) is 10.2. The Hall–Kier alpha value is -4.15. The third kappa shape index (κ3) is 5.51. The Kier molecular flexibility index (Phi) is 7.76. The van der Waals surface area contributed by atoms with Crippen LogP contribution in [0.4, 0.5) is 0 Å². The van der Waals surface area contributed by atoms with Crippen LogP contribution in [-0.4, -0.2) is 16.2 Å². The summed E-state index contributed by atoms with van der Waals surface area (Å²) in [6.07, 6.45) is 1.00. The van der Waals surface area contributed by atoms with Crippen molar-refractivity contribution < 1.29 is 19.7 Å². The molecule has 0 bridgehead atoms. The van der Waals surface area contributed by atoms with E-state index in [2.05, 4.69) is 55.5 Å². The number of carboxylic acid groups (broad SMARTS) is 1. The van der Waals surface area contributed by atoms with Gasteiger partial charge in [-0.15, -0.1) is 0 Å². The van der Waals surface area contributed by atoms with Gasteiger partial charge in [-0.1, -0.05) is 85.8 Å². The zero-order valence-electron chi connectivity index (χ0n) is 19.6. The van der Waals surface area contributed by atoms with Gasteiger partial charge in [0.2, 0.25) is 0 Å². The van der Waals surface area contributed by atoms with Gasteiger partial charge in [-0.05, 0) is 63.4 Å². The zero-order chi connectivity index (χ0) is 24.6. The first-order valence-corrected chi connectivity index (χ1v) is 11.6. The van der Waals surface area contributed by atoms with E-state index in [4.69, 9.17) is 9.84 Å². The Labute approximate surface area is 205 Å². The molecule has 0 spiro atoms. The highest BCUT2D eigenvalue weighted by molar-refractivity contribution is 6.05. The summed E-state index contributed by atoms with van der Waals surface area (Å²) in [5.74, 6) is -0.0973. The minimum Gasteiger partial charge on any atom is -0.489 e. The highest BCUT2D eigenvalue weighted by Gasteiger charge is 2.13. The topological polar surface area (TPSA) is 66.8 Å². The van der Waals surface area contributed by atoms with Crippen molar-refractivity contribution in [2.45, 2.75) is 26.6 Å². The maximum atomic E-state index is 10.2. The number of carboxylic acids is 1. The quantitative estimate of drug-likeness (QED) is 0.265. The van der Waals surface area contributed by atoms with Crippen LogP contribution in [0.25, 0.3) is 21.5 Å². The first kappa shape index (κ1) is 24.0. The van der Waals surface area contributed by atoms with Crippen molar-refractivity contribution in [3.63, 3.8) is 0 Å². The maximum Gasteiger partial charge on any atom is 0.335 e. The molecule has 2 N–H and O–H groups in total. The zero-order valence-corrected chi connectivity index (χ0v) is 19.6. The lowest BCUT2D eigenvalue weighted by molar-refractivity contribution is 0.0697. The van der Waals surface area contributed by atoms with Crippen molar-refractivity contribution in [2.24, 2.45) is 0 Å². The van der Waals surface area contributed by atoms with Crippen molar-refractivity contribution in [1.82, 2.24) is 0 Å². The summed E-state index contributed by atoms with van der Waals surface area (Å²) in [5, 5.41) is 22.8. The molecule has 0 radical (unpaired) electrons. The average Bonchev–Trinajstić information content (AvgIpc) is 2.92. The van der Waals surface area contributed by atoms with Gasteiger partial charge < -0.3 is 14.9 Å². The number of benzene rings is 5. The summed E-state index contributed by atoms with van der Waals surface area (Å²) >= 11 is 0. The molecule has 0 aliphatic heterocycles. The fraction of sp³-hybridized carbons (Fsp3) is 0.129. The Morgan fingerprint density at radius 1 is 0.714 bits per heavy atom. The molecule has 4 heteroatoms. The summed E-state index contributed by atoms with van der Waals surface area (Å²) < 4.78 is 6.11. The van der Waals surface area contributed by atoms with Crippen LogP contribution in [0.5, 0.6) is 5.75 Å². The van der Waals surface area contributed by atoms with Gasteiger partial charge >= 0.3 is 5.97 Å². The standard InChI is InChI=1S/C24H22O2.C7H6O2/c1-2-19-20-10-3-5-12-22(20)24(23-13-6-4-11-21(19)23)16-26-18-9-7-8-17(14-18)15-25;8-7(9)6-4-2-1-3-5-6/h3-14,25H,2,15-16H2,1H3;1-5H,(H,8,9). The first-order valence-electron chi connectivity index (χ1n) is 11.6. The van der Waals surface area contributed by atoms with Gasteiger partial charge in [-0.3, -0.25) is 0 Å². The van der Waals surface area contributed by atoms with Gasteiger partial charge in [-0.25, -0.2) is 4.79 Å². The summed E-state index contributed by atoms with van der Waals surface area (Å²) in [6.45, 7) is 2.74. The van der Waals surface area contributed by atoms with Gasteiger partial charge in [-0.2, -0.15) is 0 Å². The van der Waals surface area contributed by atoms with E-state index in [1.807, 2.05) is 24.3 Å². The van der Waals surface area contributed by atoms with Crippen LogP contribution in [0, 0.1) is 0 Å². The highest BCUT2D eigenvalue weighted by atomic mass is 16.5. The Morgan fingerprint density at radius 2 is 1.26 bits per heavy atom. The Balaban J connectivity index is 0.000000271. The molecule has 35 heavy (non-hydrogen) atoms. The molecule has 0 saturated carbocycles. The van der Waals surface area contributed by atoms with E-state index in [0.29, 0.717) is 12.2 Å². The lowest BCUT2D eigenvalue weighted by atomic mass is 9.91. The van der Waals surface area contributed by atoms with Crippen LogP contribution in [0.3, 0.4) is 0 Å². The van der Waals surface area contributed by atoms with Gasteiger partial charge in [0.25, 0.3) is 0 Å². The van der Waals surface area contributed by atoms with E-state index in [1.54, 1.807) is 30.3 Å². The molecular formula is C31H28O4. The number of aliphatic hydroxyl groups excluding tert-OH is 1. The second kappa shape index (κ2) is 11.3. The van der Waals surface area contributed by atoms with Crippen LogP contribution in [-0.2, 0) is 19.6 Å². The van der Waals surface area contributed by atoms with Crippen LogP contribution in [0.2, 0.25) is 0 Å². The number of aryl methyl sites for hydroxylation is 1. The molecule has 176 valence electrons. The second-order valence-electron chi connectivity index (χ2n) is 8.17. The molecule has 5 rings (SSSR count). The number of aromatic carboxylic acids is 1. The van der Waals surface area contributed by atoms with E-state index in [1.165, 1.54) is 32.7 Å². The van der Waals surface area contributed by atoms with Crippen molar-refractivity contribution in [3.05, 3.63) is 125 Å². The normalized spacial score (nSPS) is 10.6. The van der Waals surface area contributed by atoms with Gasteiger partial charge in [0.1, 0.15) is 12.4 Å². The number of rotatable bonds is 6. The maximum absolute atomic E-state index is 10.2. The largest absolute Gasteiger partial charge is 0.489 e. The minimum atomic E-state index is -0.879. The minimum absolute atomic E-state index is 0.0221. The van der Waals surface area contributed by atoms with Gasteiger partial charge in [0.15, 0.2) is 0 Å². The molecule has 0 amide bonds. The van der Waals surface area contributed by atoms with Crippen LogP contribution in [0.1, 0.15) is 34.0 Å². The summed E-state index contributed by atoms with van der Waals surface area (Å²) in [5.41, 5.74) is 3.79. The lowest BCUT2D eigenvalue weighted by Crippen LogP contribution is -2.00. The first-order chi connectivity index (χ1) is 17.1. The van der Waals surface area contributed by atoms with Crippen LogP contribution >= 0.6 is 0 Å². The average molecular weight is 465 g/mol. The fourth-order valence-electron chi connectivity index (χ4n) is 4.32. The lowest BCUT2D eigenvalue weighted by Gasteiger charge is -2.17. The van der Waals surface area contributed by atoms with E-state index in [9.17, 15) is 9.90 Å². The van der Waals surface area contributed by atoms with Gasteiger partial charge in [0, 0.05) is 5.56 Å². The molecule has 4 nitrogen and oxygen atoms in total. The van der Waals surface area contributed by atoms with Crippen molar-refractivity contribution in [3.8, 4) is 5.75 Å². The highest BCUT2D eigenvalue weighted by Crippen LogP contribution is 2.34. The van der Waals surface area contributed by atoms with Crippen molar-refractivity contribution in [1.29, 1.82) is 0 Å². The van der Waals surface area contributed by atoms with Crippen LogP contribution < -0.4 is 4.74 Å². The Bertz CT molecular complexity index is 1380. The monoisotopic (exact) mass is 464 g/mol. The third-order valence-corrected chi connectivity index (χ3v) is 5.99. The summed E-state index contributed by atoms with van der Waals surface area (Å²) in [7, 11) is 0. The molecule has 5 aromatic rings. The molecule has 0 unspecified atom stereocenters. The molecule has 5 aromatic carbocycles. The number of hydrogen-bond donors (Lipinski definition) is 2. The van der Waals surface area contributed by atoms with E-state index >= 15 is 0 Å². The Morgan fingerprint density at radius 3 is 1.74 bits per heavy atom. The predicted octanol–water partition coefficient (Wildman–Crippen LogP) is 7.01. The molecule has 0 atom stereocenters. The molecule has 0 aromatic heterocycles. The third-order valence-electron chi connectivity index (χ3n) is 5.99. The summed E-state index contributed by atoms with van der Waals surface area (Å²) in [6, 6.07) is 33.1. The van der Waals surface area contributed by atoms with E-state index < -0.39 is 5.97 Å². The van der Waals surface area contributed by atoms with Gasteiger partial charge in [0.05, 0.1) is 12.2 Å². The van der Waals surface area contributed by atoms with Crippen molar-refractivity contribution >= 4 is 27.5 Å².